The number of hydrogen-bond acceptors (Lipinski definition) is 1. The number of carbonyl (C=O) groups is 1. The third kappa shape index (κ3) is 2.84. The Hall–Kier alpha value is -2.09. The van der Waals surface area contributed by atoms with Crippen LogP contribution >= 0.6 is 0 Å². The average Bonchev–Trinajstić information content (AvgIpc) is 2.44. The van der Waals surface area contributed by atoms with Gasteiger partial charge in [-0.15, -0.1) is 0 Å². The number of benzene rings is 2. The molecule has 2 aromatic rings. The summed E-state index contributed by atoms with van der Waals surface area (Å²) in [6, 6.07) is 14.1. The van der Waals surface area contributed by atoms with Gasteiger partial charge in [0.15, 0.2) is 0 Å². The molecule has 0 atom stereocenters. The van der Waals surface area contributed by atoms with Gasteiger partial charge in [0.05, 0.1) is 6.54 Å². The molecule has 2 aromatic carbocycles. The Kier molecular flexibility index (Phi) is 4.00. The number of amides is 1. The summed E-state index contributed by atoms with van der Waals surface area (Å²) in [6.45, 7) is 6.86. The lowest BCUT2D eigenvalue weighted by molar-refractivity contribution is -0.107. The zero-order valence-electron chi connectivity index (χ0n) is 11.7. The second-order valence-electron chi connectivity index (χ2n) is 4.87. The van der Waals surface area contributed by atoms with E-state index in [0.717, 1.165) is 17.7 Å². The highest BCUT2D eigenvalue weighted by molar-refractivity contribution is 5.77. The predicted molar refractivity (Wildman–Crippen MR) is 79.3 cm³/mol. The molecule has 0 aliphatic rings. The normalized spacial score (nSPS) is 10.3. The summed E-state index contributed by atoms with van der Waals surface area (Å²) in [5.41, 5.74) is 5.79. The summed E-state index contributed by atoms with van der Waals surface area (Å²) in [5.74, 6) is 0. The fourth-order valence-electron chi connectivity index (χ4n) is 2.21. The first kappa shape index (κ1) is 13.3. The molecule has 0 N–H and O–H groups in total. The molecular formula is C17H19NO. The minimum absolute atomic E-state index is 0.605. The summed E-state index contributed by atoms with van der Waals surface area (Å²) >= 11 is 0. The zero-order valence-corrected chi connectivity index (χ0v) is 11.7. The zero-order chi connectivity index (χ0) is 13.8. The van der Waals surface area contributed by atoms with E-state index in [1.54, 1.807) is 4.90 Å². The largest absolute Gasteiger partial charge is 0.310 e. The number of nitrogens with zero attached hydrogens (tertiary/aromatic N) is 1. The summed E-state index contributed by atoms with van der Waals surface area (Å²) in [5, 5.41) is 0. The van der Waals surface area contributed by atoms with Crippen LogP contribution < -0.4 is 4.90 Å². The molecule has 0 aliphatic carbocycles. The molecule has 0 unspecified atom stereocenters. The van der Waals surface area contributed by atoms with Crippen LogP contribution in [0.25, 0.3) is 0 Å². The topological polar surface area (TPSA) is 20.3 Å². The Morgan fingerprint density at radius 1 is 0.947 bits per heavy atom. The van der Waals surface area contributed by atoms with E-state index < -0.39 is 0 Å². The van der Waals surface area contributed by atoms with Gasteiger partial charge in [0.2, 0.25) is 6.41 Å². The molecular weight excluding hydrogens is 234 g/mol. The number of aryl methyl sites for hydroxylation is 1. The maximum absolute atomic E-state index is 11.4. The van der Waals surface area contributed by atoms with Crippen LogP contribution in [-0.4, -0.2) is 6.41 Å². The highest BCUT2D eigenvalue weighted by atomic mass is 16.1. The van der Waals surface area contributed by atoms with E-state index in [9.17, 15) is 4.79 Å². The van der Waals surface area contributed by atoms with Crippen LogP contribution in [0.4, 0.5) is 5.69 Å². The van der Waals surface area contributed by atoms with Crippen molar-refractivity contribution in [3.63, 3.8) is 0 Å². The molecule has 0 saturated carbocycles. The van der Waals surface area contributed by atoms with Crippen LogP contribution in [0.1, 0.15) is 22.3 Å². The standard InChI is InChI=1S/C17H19NO/c1-13-9-10-17(15(3)14(13)2)18(12-19)11-16-7-5-4-6-8-16/h4-10,12H,11H2,1-3H3. The number of anilines is 1. The van der Waals surface area contributed by atoms with Crippen molar-refractivity contribution in [3.8, 4) is 0 Å². The van der Waals surface area contributed by atoms with Crippen LogP contribution in [0.15, 0.2) is 42.5 Å². The van der Waals surface area contributed by atoms with Crippen molar-refractivity contribution in [3.05, 3.63) is 64.7 Å². The van der Waals surface area contributed by atoms with E-state index in [1.807, 2.05) is 36.4 Å². The fraction of sp³-hybridized carbons (Fsp3) is 0.235. The molecule has 2 heteroatoms. The molecule has 0 spiro atoms. The molecule has 1 amide bonds. The van der Waals surface area contributed by atoms with Crippen molar-refractivity contribution in [2.75, 3.05) is 4.90 Å². The minimum Gasteiger partial charge on any atom is -0.310 e. The highest BCUT2D eigenvalue weighted by Crippen LogP contribution is 2.25. The summed E-state index contributed by atoms with van der Waals surface area (Å²) in [4.78, 5) is 13.1. The smallest absolute Gasteiger partial charge is 0.214 e. The van der Waals surface area contributed by atoms with Crippen molar-refractivity contribution in [1.29, 1.82) is 0 Å². The van der Waals surface area contributed by atoms with Crippen molar-refractivity contribution in [2.45, 2.75) is 27.3 Å². The SMILES string of the molecule is Cc1ccc(N(C=O)Cc2ccccc2)c(C)c1C. The fourth-order valence-corrected chi connectivity index (χ4v) is 2.21. The Morgan fingerprint density at radius 2 is 1.63 bits per heavy atom. The van der Waals surface area contributed by atoms with Crippen LogP contribution in [-0.2, 0) is 11.3 Å². The van der Waals surface area contributed by atoms with Gasteiger partial charge in [-0.1, -0.05) is 36.4 Å². The van der Waals surface area contributed by atoms with Gasteiger partial charge in [0.1, 0.15) is 0 Å². The average molecular weight is 253 g/mol. The Morgan fingerprint density at radius 3 is 2.26 bits per heavy atom. The maximum atomic E-state index is 11.4. The third-order valence-corrected chi connectivity index (χ3v) is 3.66. The van der Waals surface area contributed by atoms with Crippen molar-refractivity contribution >= 4 is 12.1 Å². The van der Waals surface area contributed by atoms with Gasteiger partial charge in [-0.25, -0.2) is 0 Å². The first-order chi connectivity index (χ1) is 9.13. The molecule has 0 aliphatic heterocycles. The van der Waals surface area contributed by atoms with Gasteiger partial charge >= 0.3 is 0 Å². The molecule has 0 aromatic heterocycles. The second kappa shape index (κ2) is 5.70. The van der Waals surface area contributed by atoms with Crippen LogP contribution in [0.5, 0.6) is 0 Å². The number of carbonyl (C=O) groups excluding carboxylic acids is 1. The third-order valence-electron chi connectivity index (χ3n) is 3.66. The van der Waals surface area contributed by atoms with E-state index in [4.69, 9.17) is 0 Å². The van der Waals surface area contributed by atoms with Crippen LogP contribution in [0, 0.1) is 20.8 Å². The van der Waals surface area contributed by atoms with Crippen LogP contribution in [0.2, 0.25) is 0 Å². The molecule has 2 rings (SSSR count). The van der Waals surface area contributed by atoms with Crippen molar-refractivity contribution in [1.82, 2.24) is 0 Å². The van der Waals surface area contributed by atoms with Gasteiger partial charge in [-0.05, 0) is 49.1 Å². The first-order valence-corrected chi connectivity index (χ1v) is 6.46. The van der Waals surface area contributed by atoms with Gasteiger partial charge in [0, 0.05) is 5.69 Å². The van der Waals surface area contributed by atoms with Gasteiger partial charge in [-0.3, -0.25) is 4.79 Å². The Labute approximate surface area is 114 Å². The molecule has 19 heavy (non-hydrogen) atoms. The van der Waals surface area contributed by atoms with E-state index in [1.165, 1.54) is 16.7 Å². The van der Waals surface area contributed by atoms with Crippen molar-refractivity contribution in [2.24, 2.45) is 0 Å². The van der Waals surface area contributed by atoms with Gasteiger partial charge in [-0.2, -0.15) is 0 Å². The number of rotatable bonds is 4. The lowest BCUT2D eigenvalue weighted by atomic mass is 10.0. The summed E-state index contributed by atoms with van der Waals surface area (Å²) in [7, 11) is 0. The van der Waals surface area contributed by atoms with Crippen molar-refractivity contribution < 1.29 is 4.79 Å². The minimum atomic E-state index is 0.605. The van der Waals surface area contributed by atoms with E-state index in [-0.39, 0.29) is 0 Å². The summed E-state index contributed by atoms with van der Waals surface area (Å²) in [6.07, 6.45) is 0.907. The highest BCUT2D eigenvalue weighted by Gasteiger charge is 2.11. The Bertz CT molecular complexity index is 575. The van der Waals surface area contributed by atoms with Gasteiger partial charge < -0.3 is 4.90 Å². The molecule has 0 heterocycles. The van der Waals surface area contributed by atoms with Crippen LogP contribution in [0.3, 0.4) is 0 Å². The number of hydrogen-bond donors (Lipinski definition) is 0. The van der Waals surface area contributed by atoms with E-state index in [2.05, 4.69) is 26.8 Å². The first-order valence-electron chi connectivity index (χ1n) is 6.46. The predicted octanol–water partition coefficient (Wildman–Crippen LogP) is 3.77. The molecule has 0 fully saturated rings. The monoisotopic (exact) mass is 253 g/mol. The molecule has 0 radical (unpaired) electrons. The van der Waals surface area contributed by atoms with E-state index >= 15 is 0 Å². The lowest BCUT2D eigenvalue weighted by Gasteiger charge is -2.21. The quantitative estimate of drug-likeness (QED) is 0.759. The Balaban J connectivity index is 2.33. The second-order valence-corrected chi connectivity index (χ2v) is 4.87. The maximum Gasteiger partial charge on any atom is 0.214 e. The molecule has 0 saturated heterocycles. The molecule has 2 nitrogen and oxygen atoms in total. The molecule has 98 valence electrons. The summed E-state index contributed by atoms with van der Waals surface area (Å²) < 4.78 is 0. The lowest BCUT2D eigenvalue weighted by Crippen LogP contribution is -2.21. The molecule has 0 bridgehead atoms. The van der Waals surface area contributed by atoms with E-state index in [0.29, 0.717) is 6.54 Å². The van der Waals surface area contributed by atoms with Gasteiger partial charge in [0.25, 0.3) is 0 Å².